The van der Waals surface area contributed by atoms with Crippen LogP contribution in [-0.2, 0) is 4.79 Å². The first-order chi connectivity index (χ1) is 11.0. The molecule has 1 aliphatic rings. The normalized spacial score (nSPS) is 13.1. The van der Waals surface area contributed by atoms with E-state index in [0.29, 0.717) is 22.8 Å². The number of rotatable bonds is 5. The predicted octanol–water partition coefficient (Wildman–Crippen LogP) is 2.42. The van der Waals surface area contributed by atoms with Crippen LogP contribution in [-0.4, -0.2) is 49.0 Å². The zero-order valence-electron chi connectivity index (χ0n) is 13.1. The number of carbonyl (C=O) groups is 1. The van der Waals surface area contributed by atoms with Crippen LogP contribution in [0.4, 0.5) is 0 Å². The van der Waals surface area contributed by atoms with Gasteiger partial charge in [0.2, 0.25) is 5.75 Å². The minimum Gasteiger partial charge on any atom is -0.493 e. The van der Waals surface area contributed by atoms with E-state index in [1.54, 1.807) is 23.9 Å². The van der Waals surface area contributed by atoms with Gasteiger partial charge in [-0.05, 0) is 23.8 Å². The van der Waals surface area contributed by atoms with E-state index >= 15 is 0 Å². The van der Waals surface area contributed by atoms with Crippen LogP contribution in [0, 0.1) is 0 Å². The maximum absolute atomic E-state index is 10.4. The molecule has 1 aromatic carbocycles. The molecule has 2 rings (SSSR count). The van der Waals surface area contributed by atoms with Crippen LogP contribution >= 0.6 is 24.0 Å². The zero-order valence-corrected chi connectivity index (χ0v) is 14.8. The lowest BCUT2D eigenvalue weighted by atomic mass is 10.1. The predicted molar refractivity (Wildman–Crippen MR) is 95.8 cm³/mol. The molecule has 1 aliphatic heterocycles. The van der Waals surface area contributed by atoms with Crippen LogP contribution < -0.4 is 19.5 Å². The Morgan fingerprint density at radius 1 is 1.26 bits per heavy atom. The van der Waals surface area contributed by atoms with Gasteiger partial charge in [-0.3, -0.25) is 0 Å². The number of hydrogen-bond acceptors (Lipinski definition) is 6. The molecule has 0 aliphatic carbocycles. The van der Waals surface area contributed by atoms with E-state index in [1.807, 2.05) is 0 Å². The largest absolute Gasteiger partial charge is 0.493 e. The molecule has 8 heteroatoms. The van der Waals surface area contributed by atoms with Crippen molar-refractivity contribution >= 4 is 40.3 Å². The first-order valence-corrected chi connectivity index (χ1v) is 8.02. The first kappa shape index (κ1) is 19.1. The van der Waals surface area contributed by atoms with Crippen molar-refractivity contribution in [3.05, 3.63) is 23.8 Å². The fourth-order valence-electron chi connectivity index (χ4n) is 1.71. The molecule has 0 bridgehead atoms. The minimum absolute atomic E-state index is 0.475. The number of ether oxygens (including phenoxy) is 3. The van der Waals surface area contributed by atoms with Gasteiger partial charge in [-0.25, -0.2) is 4.79 Å². The van der Waals surface area contributed by atoms with Gasteiger partial charge in [0.1, 0.15) is 4.32 Å². The van der Waals surface area contributed by atoms with E-state index in [-0.39, 0.29) is 0 Å². The summed E-state index contributed by atoms with van der Waals surface area (Å²) in [6, 6.07) is 3.33. The minimum atomic E-state index is -1.02. The molecule has 0 unspecified atom stereocenters. The lowest BCUT2D eigenvalue weighted by Crippen LogP contribution is -2.09. The van der Waals surface area contributed by atoms with E-state index in [9.17, 15) is 4.79 Å². The van der Waals surface area contributed by atoms with Gasteiger partial charge in [-0.2, -0.15) is 0 Å². The van der Waals surface area contributed by atoms with Crippen LogP contribution in [0.25, 0.3) is 6.08 Å². The van der Waals surface area contributed by atoms with Gasteiger partial charge in [0.25, 0.3) is 0 Å². The second kappa shape index (κ2) is 9.96. The van der Waals surface area contributed by atoms with Gasteiger partial charge in [0, 0.05) is 18.4 Å². The molecule has 1 saturated heterocycles. The summed E-state index contributed by atoms with van der Waals surface area (Å²) in [5.41, 5.74) is 0.655. The van der Waals surface area contributed by atoms with E-state index in [1.165, 1.54) is 27.4 Å². The first-order valence-electron chi connectivity index (χ1n) is 6.63. The van der Waals surface area contributed by atoms with Crippen molar-refractivity contribution in [3.8, 4) is 17.2 Å². The van der Waals surface area contributed by atoms with Crippen molar-refractivity contribution in [1.29, 1.82) is 0 Å². The van der Waals surface area contributed by atoms with Gasteiger partial charge in [0.05, 0.1) is 21.3 Å². The van der Waals surface area contributed by atoms with Crippen LogP contribution in [0.3, 0.4) is 0 Å². The molecule has 0 atom stereocenters. The van der Waals surface area contributed by atoms with Crippen LogP contribution in [0.5, 0.6) is 17.2 Å². The number of thioether (sulfide) groups is 1. The standard InChI is InChI=1S/C12H14O5.C3H5NS2/c1-15-9-6-8(4-5-11(13)14)7-10(16-2)12(9)17-3;5-3-4-1-2-6-3/h4-7H,1-3H3,(H,13,14);1-2H2,(H,4,5). The third-order valence-electron chi connectivity index (χ3n) is 2.71. The Hall–Kier alpha value is -1.93. The monoisotopic (exact) mass is 357 g/mol. The van der Waals surface area contributed by atoms with Gasteiger partial charge in [0.15, 0.2) is 11.5 Å². The summed E-state index contributed by atoms with van der Waals surface area (Å²) in [6.07, 6.45) is 2.49. The quantitative estimate of drug-likeness (QED) is 0.615. The van der Waals surface area contributed by atoms with E-state index < -0.39 is 5.97 Å². The molecule has 0 aromatic heterocycles. The highest BCUT2D eigenvalue weighted by Gasteiger charge is 2.11. The van der Waals surface area contributed by atoms with E-state index in [2.05, 4.69) is 5.32 Å². The maximum atomic E-state index is 10.4. The third kappa shape index (κ3) is 6.37. The highest BCUT2D eigenvalue weighted by atomic mass is 32.2. The van der Waals surface area contributed by atoms with Crippen LogP contribution in [0.15, 0.2) is 18.2 Å². The Kier molecular flexibility index (Phi) is 8.28. The molecular weight excluding hydrogens is 338 g/mol. The van der Waals surface area contributed by atoms with Crippen LogP contribution in [0.2, 0.25) is 0 Å². The molecule has 2 N–H and O–H groups in total. The van der Waals surface area contributed by atoms with Crippen molar-refractivity contribution in [2.75, 3.05) is 33.6 Å². The summed E-state index contributed by atoms with van der Waals surface area (Å²) in [7, 11) is 4.51. The molecule has 1 fully saturated rings. The summed E-state index contributed by atoms with van der Waals surface area (Å²) in [4.78, 5) is 10.4. The number of thiocarbonyl (C=S) groups is 1. The number of methoxy groups -OCH3 is 3. The zero-order chi connectivity index (χ0) is 17.2. The van der Waals surface area contributed by atoms with Gasteiger partial charge < -0.3 is 24.6 Å². The van der Waals surface area contributed by atoms with Crippen molar-refractivity contribution in [1.82, 2.24) is 5.32 Å². The molecule has 126 valence electrons. The average molecular weight is 357 g/mol. The summed E-state index contributed by atoms with van der Waals surface area (Å²) in [5.74, 6) is 1.58. The molecule has 6 nitrogen and oxygen atoms in total. The lowest BCUT2D eigenvalue weighted by molar-refractivity contribution is -0.131. The SMILES string of the molecule is COc1cc(C=CC(=O)O)cc(OC)c1OC.S=C1NCCS1. The molecule has 1 heterocycles. The number of nitrogens with one attached hydrogen (secondary N) is 1. The van der Waals surface area contributed by atoms with E-state index in [0.717, 1.165) is 22.7 Å². The summed E-state index contributed by atoms with van der Waals surface area (Å²) in [5, 5.41) is 11.6. The van der Waals surface area contributed by atoms with Gasteiger partial charge in [-0.15, -0.1) is 0 Å². The fraction of sp³-hybridized carbons (Fsp3) is 0.333. The number of hydrogen-bond donors (Lipinski definition) is 2. The van der Waals surface area contributed by atoms with Crippen molar-refractivity contribution < 1.29 is 24.1 Å². The second-order valence-electron chi connectivity index (χ2n) is 4.19. The fourth-order valence-corrected chi connectivity index (χ4v) is 2.66. The molecule has 1 aromatic rings. The smallest absolute Gasteiger partial charge is 0.328 e. The Labute approximate surface area is 144 Å². The number of benzene rings is 1. The maximum Gasteiger partial charge on any atom is 0.328 e. The van der Waals surface area contributed by atoms with Gasteiger partial charge >= 0.3 is 5.97 Å². The van der Waals surface area contributed by atoms with Crippen molar-refractivity contribution in [2.24, 2.45) is 0 Å². The molecule has 23 heavy (non-hydrogen) atoms. The molecule has 0 saturated carbocycles. The van der Waals surface area contributed by atoms with Crippen molar-refractivity contribution in [2.45, 2.75) is 0 Å². The molecular formula is C15H19NO5S2. The molecule has 0 spiro atoms. The summed E-state index contributed by atoms with van der Waals surface area (Å²) >= 11 is 6.49. The summed E-state index contributed by atoms with van der Waals surface area (Å²) < 4.78 is 16.4. The Morgan fingerprint density at radius 3 is 2.17 bits per heavy atom. The number of carboxylic acids is 1. The average Bonchev–Trinajstić information content (AvgIpc) is 3.03. The highest BCUT2D eigenvalue weighted by molar-refractivity contribution is 8.23. The summed E-state index contributed by atoms with van der Waals surface area (Å²) in [6.45, 7) is 1.06. The van der Waals surface area contributed by atoms with Gasteiger partial charge in [-0.1, -0.05) is 24.0 Å². The molecule has 0 amide bonds. The highest BCUT2D eigenvalue weighted by Crippen LogP contribution is 2.38. The van der Waals surface area contributed by atoms with Crippen LogP contribution in [0.1, 0.15) is 5.56 Å². The number of carboxylic acid groups (broad SMARTS) is 1. The van der Waals surface area contributed by atoms with E-state index in [4.69, 9.17) is 31.5 Å². The lowest BCUT2D eigenvalue weighted by Gasteiger charge is -2.12. The third-order valence-corrected chi connectivity index (χ3v) is 4.02. The Morgan fingerprint density at radius 2 is 1.87 bits per heavy atom. The number of aliphatic carboxylic acids is 1. The Balaban J connectivity index is 0.000000366. The topological polar surface area (TPSA) is 77.0 Å². The molecule has 0 radical (unpaired) electrons. The van der Waals surface area contributed by atoms with Crippen molar-refractivity contribution in [3.63, 3.8) is 0 Å². The Bertz CT molecular complexity index is 556. The second-order valence-corrected chi connectivity index (χ2v) is 5.96.